The van der Waals surface area contributed by atoms with Crippen molar-refractivity contribution in [2.75, 3.05) is 0 Å². The summed E-state index contributed by atoms with van der Waals surface area (Å²) in [5.41, 5.74) is 5.64. The molecule has 1 nitrogen and oxygen atoms in total. The summed E-state index contributed by atoms with van der Waals surface area (Å²) in [5, 5.41) is 0. The zero-order chi connectivity index (χ0) is 16.8. The van der Waals surface area contributed by atoms with Gasteiger partial charge in [-0.2, -0.15) is 0 Å². The van der Waals surface area contributed by atoms with Crippen LogP contribution in [0.25, 0.3) is 0 Å². The Hall–Kier alpha value is -2.67. The summed E-state index contributed by atoms with van der Waals surface area (Å²) >= 11 is 0. The Morgan fingerprint density at radius 1 is 0.792 bits per heavy atom. The maximum absolute atomic E-state index is 4.99. The summed E-state index contributed by atoms with van der Waals surface area (Å²) in [6, 6.07) is 29.4. The molecule has 0 saturated heterocycles. The highest BCUT2D eigenvalue weighted by Crippen LogP contribution is 2.25. The molecule has 3 rings (SSSR count). The second-order valence-corrected chi connectivity index (χ2v) is 6.10. The Morgan fingerprint density at radius 3 is 1.92 bits per heavy atom. The van der Waals surface area contributed by atoms with Crippen molar-refractivity contribution in [1.82, 2.24) is 0 Å². The molecule has 0 aliphatic carbocycles. The van der Waals surface area contributed by atoms with E-state index in [2.05, 4.69) is 86.6 Å². The molecule has 0 bridgehead atoms. The van der Waals surface area contributed by atoms with Crippen LogP contribution in [0, 0.1) is 0 Å². The Balaban J connectivity index is 2.08. The first-order valence-corrected chi connectivity index (χ1v) is 8.57. The normalized spacial score (nSPS) is 11.8. The lowest BCUT2D eigenvalue weighted by molar-refractivity contribution is 0.734. The van der Waals surface area contributed by atoms with Crippen LogP contribution in [0.1, 0.15) is 42.9 Å². The Bertz CT molecular complexity index is 762. The van der Waals surface area contributed by atoms with Crippen LogP contribution < -0.4 is 0 Å². The van der Waals surface area contributed by atoms with Gasteiger partial charge in [0.25, 0.3) is 0 Å². The van der Waals surface area contributed by atoms with Gasteiger partial charge < -0.3 is 0 Å². The molecule has 0 aliphatic rings. The minimum Gasteiger partial charge on any atom is -0.248 e. The van der Waals surface area contributed by atoms with E-state index in [1.54, 1.807) is 0 Å². The van der Waals surface area contributed by atoms with Gasteiger partial charge in [-0.1, -0.05) is 86.6 Å². The van der Waals surface area contributed by atoms with Crippen molar-refractivity contribution in [2.24, 2.45) is 4.99 Å². The Morgan fingerprint density at radius 2 is 1.38 bits per heavy atom. The van der Waals surface area contributed by atoms with Crippen LogP contribution in [0.5, 0.6) is 0 Å². The Kier molecular flexibility index (Phi) is 5.22. The van der Waals surface area contributed by atoms with Gasteiger partial charge in [0.05, 0.1) is 11.4 Å². The van der Waals surface area contributed by atoms with Gasteiger partial charge >= 0.3 is 0 Å². The fraction of sp³-hybridized carbons (Fsp3) is 0.174. The van der Waals surface area contributed by atoms with Gasteiger partial charge in [-0.15, -0.1) is 0 Å². The molecular weight excluding hydrogens is 290 g/mol. The average molecular weight is 313 g/mol. The molecule has 3 aromatic rings. The topological polar surface area (TPSA) is 12.4 Å². The van der Waals surface area contributed by atoms with Crippen molar-refractivity contribution in [1.29, 1.82) is 0 Å². The number of hydrogen-bond donors (Lipinski definition) is 0. The van der Waals surface area contributed by atoms with E-state index in [0.717, 1.165) is 28.9 Å². The van der Waals surface area contributed by atoms with Crippen molar-refractivity contribution >= 4 is 11.4 Å². The molecule has 1 heteroatoms. The zero-order valence-electron chi connectivity index (χ0n) is 14.3. The molecule has 120 valence electrons. The van der Waals surface area contributed by atoms with Gasteiger partial charge in [0, 0.05) is 11.1 Å². The molecule has 0 aliphatic heterocycles. The molecule has 0 saturated carbocycles. The lowest BCUT2D eigenvalue weighted by atomic mass is 9.98. The maximum atomic E-state index is 4.99. The summed E-state index contributed by atoms with van der Waals surface area (Å²) in [7, 11) is 0. The molecule has 0 radical (unpaired) electrons. The van der Waals surface area contributed by atoms with E-state index in [1.165, 1.54) is 5.56 Å². The molecule has 0 heterocycles. The first-order valence-electron chi connectivity index (χ1n) is 8.57. The van der Waals surface area contributed by atoms with Crippen molar-refractivity contribution in [3.63, 3.8) is 0 Å². The van der Waals surface area contributed by atoms with E-state index >= 15 is 0 Å². The number of rotatable bonds is 5. The largest absolute Gasteiger partial charge is 0.248 e. The Labute approximate surface area is 144 Å². The highest BCUT2D eigenvalue weighted by molar-refractivity contribution is 6.13. The predicted octanol–water partition coefficient (Wildman–Crippen LogP) is 6.37. The average Bonchev–Trinajstić information content (AvgIpc) is 2.67. The van der Waals surface area contributed by atoms with Gasteiger partial charge in [-0.25, -0.2) is 4.99 Å². The van der Waals surface area contributed by atoms with E-state index in [4.69, 9.17) is 4.99 Å². The molecule has 0 aromatic heterocycles. The third-order valence-electron chi connectivity index (χ3n) is 4.39. The third-order valence-corrected chi connectivity index (χ3v) is 4.39. The minimum atomic E-state index is 0.553. The summed E-state index contributed by atoms with van der Waals surface area (Å²) < 4.78 is 0. The summed E-state index contributed by atoms with van der Waals surface area (Å²) in [5.74, 6) is 0.553. The van der Waals surface area contributed by atoms with Crippen molar-refractivity contribution in [3.05, 3.63) is 102 Å². The van der Waals surface area contributed by atoms with E-state index in [0.29, 0.717) is 5.92 Å². The van der Waals surface area contributed by atoms with E-state index in [-0.39, 0.29) is 0 Å². The van der Waals surface area contributed by atoms with Gasteiger partial charge in [0.2, 0.25) is 0 Å². The van der Waals surface area contributed by atoms with Gasteiger partial charge in [-0.05, 0) is 30.0 Å². The SMILES string of the molecule is CCC(C)c1cccc(N=C(c2ccccc2)c2ccccc2)c1. The smallest absolute Gasteiger partial charge is 0.0781 e. The monoisotopic (exact) mass is 313 g/mol. The summed E-state index contributed by atoms with van der Waals surface area (Å²) in [6.07, 6.45) is 1.14. The second kappa shape index (κ2) is 7.74. The fourth-order valence-electron chi connectivity index (χ4n) is 2.75. The summed E-state index contributed by atoms with van der Waals surface area (Å²) in [4.78, 5) is 4.99. The molecule has 1 unspecified atom stereocenters. The molecule has 0 fully saturated rings. The third kappa shape index (κ3) is 3.80. The van der Waals surface area contributed by atoms with Crippen LogP contribution in [0.3, 0.4) is 0 Å². The minimum absolute atomic E-state index is 0.553. The van der Waals surface area contributed by atoms with Crippen LogP contribution in [0.15, 0.2) is 89.9 Å². The van der Waals surface area contributed by atoms with Crippen LogP contribution in [-0.4, -0.2) is 5.71 Å². The first-order chi connectivity index (χ1) is 11.8. The number of nitrogens with zero attached hydrogens (tertiary/aromatic N) is 1. The van der Waals surface area contributed by atoms with Crippen LogP contribution in [0.4, 0.5) is 5.69 Å². The predicted molar refractivity (Wildman–Crippen MR) is 103 cm³/mol. The molecule has 24 heavy (non-hydrogen) atoms. The lowest BCUT2D eigenvalue weighted by Crippen LogP contribution is -2.02. The number of benzene rings is 3. The maximum Gasteiger partial charge on any atom is 0.0781 e. The van der Waals surface area contributed by atoms with Crippen LogP contribution >= 0.6 is 0 Å². The zero-order valence-corrected chi connectivity index (χ0v) is 14.3. The second-order valence-electron chi connectivity index (χ2n) is 6.10. The van der Waals surface area contributed by atoms with Gasteiger partial charge in [-0.3, -0.25) is 0 Å². The highest BCUT2D eigenvalue weighted by atomic mass is 14.7. The molecule has 0 spiro atoms. The van der Waals surface area contributed by atoms with Crippen molar-refractivity contribution in [2.45, 2.75) is 26.2 Å². The lowest BCUT2D eigenvalue weighted by Gasteiger charge is -2.11. The number of hydrogen-bond acceptors (Lipinski definition) is 1. The van der Waals surface area contributed by atoms with Crippen LogP contribution in [0.2, 0.25) is 0 Å². The molecule has 0 N–H and O–H groups in total. The molecule has 1 atom stereocenters. The molecule has 0 amide bonds. The van der Waals surface area contributed by atoms with Crippen molar-refractivity contribution < 1.29 is 0 Å². The standard InChI is InChI=1S/C23H23N/c1-3-18(2)21-15-10-16-22(17-21)24-23(19-11-6-4-7-12-19)20-13-8-5-9-14-20/h4-18H,3H2,1-2H3. The van der Waals surface area contributed by atoms with Crippen LogP contribution in [-0.2, 0) is 0 Å². The summed E-state index contributed by atoms with van der Waals surface area (Å²) in [6.45, 7) is 4.48. The quantitative estimate of drug-likeness (QED) is 0.485. The van der Waals surface area contributed by atoms with Gasteiger partial charge in [0.15, 0.2) is 0 Å². The molecule has 3 aromatic carbocycles. The highest BCUT2D eigenvalue weighted by Gasteiger charge is 2.08. The number of aliphatic imine (C=N–C) groups is 1. The van der Waals surface area contributed by atoms with Crippen molar-refractivity contribution in [3.8, 4) is 0 Å². The van der Waals surface area contributed by atoms with E-state index < -0.39 is 0 Å². The van der Waals surface area contributed by atoms with Gasteiger partial charge in [0.1, 0.15) is 0 Å². The first kappa shape index (κ1) is 16.2. The van der Waals surface area contributed by atoms with E-state index in [1.807, 2.05) is 12.1 Å². The van der Waals surface area contributed by atoms with E-state index in [9.17, 15) is 0 Å². The fourth-order valence-corrected chi connectivity index (χ4v) is 2.75. The molecular formula is C23H23N.